The van der Waals surface area contributed by atoms with Crippen LogP contribution < -0.4 is 5.73 Å². The topological polar surface area (TPSA) is 57.2 Å². The van der Waals surface area contributed by atoms with Crippen LogP contribution >= 0.6 is 11.6 Å². The number of carbonyl (C=O) groups excluding carboxylic acids is 1. The molecule has 0 aliphatic rings. The largest absolute Gasteiger partial charge is 0.468 e. The monoisotopic (exact) mass is 252 g/mol. The van der Waals surface area contributed by atoms with Gasteiger partial charge >= 0.3 is 5.97 Å². The minimum absolute atomic E-state index is 0.456. The first-order chi connectivity index (χ1) is 8.04. The molecule has 0 fully saturated rings. The number of esters is 1. The Bertz CT molecular complexity index is 577. The van der Waals surface area contributed by atoms with Crippen molar-refractivity contribution in [2.75, 3.05) is 7.11 Å². The minimum atomic E-state index is -0.781. The second-order valence-electron chi connectivity index (χ2n) is 3.83. The summed E-state index contributed by atoms with van der Waals surface area (Å²) in [4.78, 5) is 11.4. The quantitative estimate of drug-likeness (QED) is 0.832. The van der Waals surface area contributed by atoms with Crippen LogP contribution in [0.3, 0.4) is 0 Å². The van der Waals surface area contributed by atoms with Gasteiger partial charge in [0.2, 0.25) is 0 Å². The van der Waals surface area contributed by atoms with Crippen molar-refractivity contribution in [3.63, 3.8) is 0 Å². The molecule has 2 N–H and O–H groups in total. The fourth-order valence-electron chi connectivity index (χ4n) is 1.87. The summed E-state index contributed by atoms with van der Waals surface area (Å²) >= 11 is 5.93. The minimum Gasteiger partial charge on any atom is -0.468 e. The van der Waals surface area contributed by atoms with Crippen LogP contribution in [0.4, 0.5) is 0 Å². The van der Waals surface area contributed by atoms with Crippen molar-refractivity contribution in [1.82, 2.24) is 4.57 Å². The summed E-state index contributed by atoms with van der Waals surface area (Å²) in [6, 6.07) is 6.62. The molecule has 0 radical (unpaired) electrons. The first-order valence-corrected chi connectivity index (χ1v) is 5.50. The van der Waals surface area contributed by atoms with Gasteiger partial charge in [0.05, 0.1) is 7.11 Å². The average molecular weight is 253 g/mol. The Hall–Kier alpha value is -1.52. The van der Waals surface area contributed by atoms with Crippen LogP contribution in [0.25, 0.3) is 10.9 Å². The summed E-state index contributed by atoms with van der Waals surface area (Å²) in [5.41, 5.74) is 7.46. The molecule has 2 aromatic rings. The molecule has 90 valence electrons. The summed E-state index contributed by atoms with van der Waals surface area (Å²) in [5, 5.41) is 1.64. The van der Waals surface area contributed by atoms with Crippen LogP contribution in [0, 0.1) is 0 Å². The molecule has 1 atom stereocenters. The first kappa shape index (κ1) is 12.0. The number of methoxy groups -OCH3 is 1. The van der Waals surface area contributed by atoms with E-state index in [4.69, 9.17) is 17.3 Å². The third kappa shape index (κ3) is 2.01. The van der Waals surface area contributed by atoms with E-state index in [1.807, 2.05) is 29.8 Å². The third-order valence-corrected chi connectivity index (χ3v) is 3.05. The fourth-order valence-corrected chi connectivity index (χ4v) is 2.04. The van der Waals surface area contributed by atoms with Crippen molar-refractivity contribution < 1.29 is 9.53 Å². The van der Waals surface area contributed by atoms with Crippen LogP contribution in [-0.2, 0) is 16.6 Å². The van der Waals surface area contributed by atoms with Gasteiger partial charge in [-0.15, -0.1) is 0 Å². The van der Waals surface area contributed by atoms with Gasteiger partial charge < -0.3 is 15.0 Å². The average Bonchev–Trinajstić information content (AvgIpc) is 2.65. The van der Waals surface area contributed by atoms with E-state index >= 15 is 0 Å². The molecule has 4 nitrogen and oxygen atoms in total. The number of halogens is 1. The first-order valence-electron chi connectivity index (χ1n) is 5.13. The van der Waals surface area contributed by atoms with Crippen molar-refractivity contribution in [1.29, 1.82) is 0 Å². The number of ether oxygens (including phenoxy) is 1. The Labute approximate surface area is 104 Å². The van der Waals surface area contributed by atoms with Crippen molar-refractivity contribution in [2.45, 2.75) is 6.04 Å². The Morgan fingerprint density at radius 3 is 2.82 bits per heavy atom. The van der Waals surface area contributed by atoms with Gasteiger partial charge in [-0.2, -0.15) is 0 Å². The maximum Gasteiger partial charge on any atom is 0.328 e. The Morgan fingerprint density at radius 2 is 2.18 bits per heavy atom. The number of carbonyl (C=O) groups is 1. The molecule has 17 heavy (non-hydrogen) atoms. The molecule has 1 unspecified atom stereocenters. The van der Waals surface area contributed by atoms with E-state index in [0.717, 1.165) is 10.9 Å². The summed E-state index contributed by atoms with van der Waals surface area (Å²) in [7, 11) is 3.17. The number of rotatable bonds is 2. The number of hydrogen-bond donors (Lipinski definition) is 1. The van der Waals surface area contributed by atoms with Crippen molar-refractivity contribution >= 4 is 28.5 Å². The molecule has 1 aromatic heterocycles. The predicted octanol–water partition coefficient (Wildman–Crippen LogP) is 2.00. The standard InChI is InChI=1S/C12H13ClN2O2/c1-15-9-6-8(13)4-3-7(9)5-10(15)11(14)12(16)17-2/h3-6,11H,14H2,1-2H3. The van der Waals surface area contributed by atoms with E-state index in [2.05, 4.69) is 4.74 Å². The molecule has 5 heteroatoms. The maximum atomic E-state index is 11.4. The van der Waals surface area contributed by atoms with Gasteiger partial charge in [-0.3, -0.25) is 0 Å². The molecule has 0 saturated heterocycles. The van der Waals surface area contributed by atoms with Crippen LogP contribution in [0.15, 0.2) is 24.3 Å². The van der Waals surface area contributed by atoms with Gasteiger partial charge in [-0.05, 0) is 18.2 Å². The SMILES string of the molecule is COC(=O)C(N)c1cc2ccc(Cl)cc2n1C. The lowest BCUT2D eigenvalue weighted by molar-refractivity contribution is -0.142. The molecule has 0 aliphatic carbocycles. The molecular formula is C12H13ClN2O2. The second kappa shape index (κ2) is 4.39. The molecule has 2 rings (SSSR count). The van der Waals surface area contributed by atoms with Crippen LogP contribution in [-0.4, -0.2) is 17.6 Å². The van der Waals surface area contributed by atoms with Gasteiger partial charge in [-0.1, -0.05) is 17.7 Å². The highest BCUT2D eigenvalue weighted by Gasteiger charge is 2.20. The Kier molecular flexibility index (Phi) is 3.09. The van der Waals surface area contributed by atoms with E-state index in [0.29, 0.717) is 10.7 Å². The van der Waals surface area contributed by atoms with E-state index < -0.39 is 12.0 Å². The van der Waals surface area contributed by atoms with E-state index in [1.54, 1.807) is 6.07 Å². The van der Waals surface area contributed by atoms with Crippen LogP contribution in [0.1, 0.15) is 11.7 Å². The zero-order valence-corrected chi connectivity index (χ0v) is 10.4. The number of benzene rings is 1. The normalized spacial score (nSPS) is 12.7. The van der Waals surface area contributed by atoms with Crippen molar-refractivity contribution in [3.8, 4) is 0 Å². The van der Waals surface area contributed by atoms with Crippen LogP contribution in [0.2, 0.25) is 5.02 Å². The molecule has 0 spiro atoms. The lowest BCUT2D eigenvalue weighted by atomic mass is 10.2. The van der Waals surface area contributed by atoms with E-state index in [1.165, 1.54) is 7.11 Å². The number of nitrogens with two attached hydrogens (primary N) is 1. The molecule has 0 saturated carbocycles. The number of nitrogens with zero attached hydrogens (tertiary/aromatic N) is 1. The molecule has 0 aliphatic heterocycles. The van der Waals surface area contributed by atoms with Gasteiger partial charge in [-0.25, -0.2) is 4.79 Å². The maximum absolute atomic E-state index is 11.4. The van der Waals surface area contributed by atoms with Crippen molar-refractivity contribution in [3.05, 3.63) is 35.0 Å². The lowest BCUT2D eigenvalue weighted by Crippen LogP contribution is -2.24. The Morgan fingerprint density at radius 1 is 1.47 bits per heavy atom. The Balaban J connectivity index is 2.56. The van der Waals surface area contributed by atoms with Crippen LogP contribution in [0.5, 0.6) is 0 Å². The number of aryl methyl sites for hydroxylation is 1. The summed E-state index contributed by atoms with van der Waals surface area (Å²) in [6.45, 7) is 0. The van der Waals surface area contributed by atoms with Crippen molar-refractivity contribution in [2.24, 2.45) is 12.8 Å². The third-order valence-electron chi connectivity index (χ3n) is 2.82. The van der Waals surface area contributed by atoms with Gasteiger partial charge in [0.15, 0.2) is 0 Å². The summed E-state index contributed by atoms with van der Waals surface area (Å²) in [6.07, 6.45) is 0. The van der Waals surface area contributed by atoms with E-state index in [9.17, 15) is 4.79 Å². The lowest BCUT2D eigenvalue weighted by Gasteiger charge is -2.10. The summed E-state index contributed by atoms with van der Waals surface area (Å²) < 4.78 is 6.49. The van der Waals surface area contributed by atoms with Gasteiger partial charge in [0.25, 0.3) is 0 Å². The molecular weight excluding hydrogens is 240 g/mol. The zero-order chi connectivity index (χ0) is 12.6. The number of fused-ring (bicyclic) bond motifs is 1. The number of aromatic nitrogens is 1. The van der Waals surface area contributed by atoms with E-state index in [-0.39, 0.29) is 0 Å². The second-order valence-corrected chi connectivity index (χ2v) is 4.27. The van der Waals surface area contributed by atoms with Gasteiger partial charge in [0, 0.05) is 28.7 Å². The smallest absolute Gasteiger partial charge is 0.328 e. The zero-order valence-electron chi connectivity index (χ0n) is 9.61. The molecule has 0 amide bonds. The predicted molar refractivity (Wildman–Crippen MR) is 66.9 cm³/mol. The summed E-state index contributed by atoms with van der Waals surface area (Å²) in [5.74, 6) is -0.456. The van der Waals surface area contributed by atoms with Gasteiger partial charge in [0.1, 0.15) is 6.04 Å². The fraction of sp³-hybridized carbons (Fsp3) is 0.250. The highest BCUT2D eigenvalue weighted by Crippen LogP contribution is 2.25. The molecule has 1 heterocycles. The molecule has 0 bridgehead atoms. The molecule has 1 aromatic carbocycles. The highest BCUT2D eigenvalue weighted by molar-refractivity contribution is 6.31. The highest BCUT2D eigenvalue weighted by atomic mass is 35.5. The number of hydrogen-bond acceptors (Lipinski definition) is 3.